The van der Waals surface area contributed by atoms with Gasteiger partial charge in [-0.05, 0) is 43.6 Å². The molecule has 1 heteroatoms. The molecule has 74 valence electrons. The van der Waals surface area contributed by atoms with Gasteiger partial charge in [0.25, 0.3) is 0 Å². The number of hydrogen-bond donors (Lipinski definition) is 0. The number of nitrogens with zero attached hydrogens (tertiary/aromatic N) is 1. The van der Waals surface area contributed by atoms with Crippen LogP contribution in [-0.4, -0.2) is 24.5 Å². The Kier molecular flexibility index (Phi) is 2.08. The van der Waals surface area contributed by atoms with E-state index in [1.807, 2.05) is 0 Å². The molecular weight excluding hydrogens is 158 g/mol. The van der Waals surface area contributed by atoms with Crippen molar-refractivity contribution < 1.29 is 0 Å². The number of hydrogen-bond acceptors (Lipinski definition) is 1. The van der Waals surface area contributed by atoms with Crippen LogP contribution in [0.3, 0.4) is 0 Å². The van der Waals surface area contributed by atoms with E-state index < -0.39 is 0 Å². The normalized spacial score (nSPS) is 49.8. The van der Waals surface area contributed by atoms with Gasteiger partial charge in [-0.1, -0.05) is 19.3 Å². The molecule has 3 aliphatic rings. The first kappa shape index (κ1) is 8.28. The van der Waals surface area contributed by atoms with Crippen LogP contribution in [0.25, 0.3) is 0 Å². The monoisotopic (exact) mass is 179 g/mol. The van der Waals surface area contributed by atoms with Crippen molar-refractivity contribution in [2.75, 3.05) is 19.6 Å². The summed E-state index contributed by atoms with van der Waals surface area (Å²) >= 11 is 0. The van der Waals surface area contributed by atoms with Crippen molar-refractivity contribution in [2.45, 2.75) is 38.5 Å². The Morgan fingerprint density at radius 2 is 1.54 bits per heavy atom. The Balaban J connectivity index is 1.78. The number of fused-ring (bicyclic) bond motifs is 4. The lowest BCUT2D eigenvalue weighted by Gasteiger charge is -2.37. The molecule has 2 saturated heterocycles. The van der Waals surface area contributed by atoms with Crippen LogP contribution in [0.4, 0.5) is 0 Å². The fraction of sp³-hybridized carbons (Fsp3) is 1.00. The summed E-state index contributed by atoms with van der Waals surface area (Å²) in [6, 6.07) is 0. The summed E-state index contributed by atoms with van der Waals surface area (Å²) in [6.07, 6.45) is 9.17. The van der Waals surface area contributed by atoms with Gasteiger partial charge in [0.2, 0.25) is 0 Å². The third kappa shape index (κ3) is 1.41. The molecule has 1 nitrogen and oxygen atoms in total. The lowest BCUT2D eigenvalue weighted by atomic mass is 9.76. The molecule has 1 saturated carbocycles. The number of piperidine rings is 1. The maximum atomic E-state index is 2.72. The smallest absolute Gasteiger partial charge is 0.00130 e. The molecule has 0 amide bonds. The lowest BCUT2D eigenvalue weighted by molar-refractivity contribution is 0.119. The van der Waals surface area contributed by atoms with Crippen LogP contribution in [-0.2, 0) is 0 Å². The SMILES string of the molecule is C1CCC2CN3CCC(C3)C2CC1. The first-order valence-electron chi connectivity index (χ1n) is 6.16. The minimum Gasteiger partial charge on any atom is -0.303 e. The molecule has 0 aromatic rings. The minimum absolute atomic E-state index is 1.09. The molecule has 0 radical (unpaired) electrons. The van der Waals surface area contributed by atoms with Crippen molar-refractivity contribution in [3.63, 3.8) is 0 Å². The van der Waals surface area contributed by atoms with Crippen LogP contribution in [0.5, 0.6) is 0 Å². The number of rotatable bonds is 0. The molecule has 0 aromatic carbocycles. The average molecular weight is 179 g/mol. The predicted octanol–water partition coefficient (Wildman–Crippen LogP) is 2.52. The molecule has 0 N–H and O–H groups in total. The van der Waals surface area contributed by atoms with Crippen LogP contribution in [0.15, 0.2) is 0 Å². The van der Waals surface area contributed by atoms with E-state index in [9.17, 15) is 0 Å². The molecule has 2 heterocycles. The Bertz CT molecular complexity index is 190. The van der Waals surface area contributed by atoms with Crippen molar-refractivity contribution in [3.05, 3.63) is 0 Å². The van der Waals surface area contributed by atoms with E-state index in [-0.39, 0.29) is 0 Å². The van der Waals surface area contributed by atoms with Gasteiger partial charge in [0.15, 0.2) is 0 Å². The first-order valence-corrected chi connectivity index (χ1v) is 6.16. The van der Waals surface area contributed by atoms with E-state index in [4.69, 9.17) is 0 Å². The quantitative estimate of drug-likeness (QED) is 0.552. The van der Waals surface area contributed by atoms with Crippen molar-refractivity contribution in [3.8, 4) is 0 Å². The molecule has 4 atom stereocenters. The molecule has 2 bridgehead atoms. The molecule has 4 unspecified atom stereocenters. The zero-order valence-electron chi connectivity index (χ0n) is 8.54. The Morgan fingerprint density at radius 3 is 2.46 bits per heavy atom. The van der Waals surface area contributed by atoms with Gasteiger partial charge < -0.3 is 4.90 Å². The van der Waals surface area contributed by atoms with Crippen molar-refractivity contribution in [1.29, 1.82) is 0 Å². The zero-order chi connectivity index (χ0) is 8.67. The van der Waals surface area contributed by atoms with E-state index in [1.54, 1.807) is 6.42 Å². The summed E-state index contributed by atoms with van der Waals surface area (Å²) in [4.78, 5) is 2.72. The molecule has 0 spiro atoms. The van der Waals surface area contributed by atoms with Crippen LogP contribution in [0, 0.1) is 17.8 Å². The molecule has 13 heavy (non-hydrogen) atoms. The Hall–Kier alpha value is -0.0400. The van der Waals surface area contributed by atoms with E-state index in [0.717, 1.165) is 17.8 Å². The second kappa shape index (κ2) is 3.27. The zero-order valence-corrected chi connectivity index (χ0v) is 8.54. The van der Waals surface area contributed by atoms with Gasteiger partial charge in [0, 0.05) is 13.1 Å². The highest BCUT2D eigenvalue weighted by atomic mass is 15.2. The van der Waals surface area contributed by atoms with Gasteiger partial charge >= 0.3 is 0 Å². The van der Waals surface area contributed by atoms with Crippen LogP contribution < -0.4 is 0 Å². The third-order valence-corrected chi connectivity index (χ3v) is 4.62. The van der Waals surface area contributed by atoms with Gasteiger partial charge in [-0.15, -0.1) is 0 Å². The van der Waals surface area contributed by atoms with E-state index >= 15 is 0 Å². The van der Waals surface area contributed by atoms with Crippen LogP contribution in [0.1, 0.15) is 38.5 Å². The Morgan fingerprint density at radius 1 is 0.769 bits per heavy atom. The van der Waals surface area contributed by atoms with Gasteiger partial charge in [-0.2, -0.15) is 0 Å². The largest absolute Gasteiger partial charge is 0.303 e. The predicted molar refractivity (Wildman–Crippen MR) is 54.6 cm³/mol. The van der Waals surface area contributed by atoms with Gasteiger partial charge in [-0.3, -0.25) is 0 Å². The summed E-state index contributed by atoms with van der Waals surface area (Å²) in [5.41, 5.74) is 0. The molecule has 3 rings (SSSR count). The third-order valence-electron chi connectivity index (χ3n) is 4.62. The lowest BCUT2D eigenvalue weighted by Crippen LogP contribution is -2.39. The highest BCUT2D eigenvalue weighted by Crippen LogP contribution is 2.42. The van der Waals surface area contributed by atoms with Crippen molar-refractivity contribution >= 4 is 0 Å². The molecular formula is C12H21N. The topological polar surface area (TPSA) is 3.24 Å². The second-order valence-corrected chi connectivity index (χ2v) is 5.37. The summed E-state index contributed by atoms with van der Waals surface area (Å²) in [7, 11) is 0. The fourth-order valence-electron chi connectivity index (χ4n) is 3.97. The summed E-state index contributed by atoms with van der Waals surface area (Å²) < 4.78 is 0. The molecule has 1 aliphatic carbocycles. The highest BCUT2D eigenvalue weighted by Gasteiger charge is 2.40. The van der Waals surface area contributed by atoms with E-state index in [0.29, 0.717) is 0 Å². The van der Waals surface area contributed by atoms with Crippen molar-refractivity contribution in [1.82, 2.24) is 4.90 Å². The van der Waals surface area contributed by atoms with Crippen molar-refractivity contribution in [2.24, 2.45) is 17.8 Å². The average Bonchev–Trinajstić information content (AvgIpc) is 2.38. The molecule has 0 aromatic heterocycles. The summed E-state index contributed by atoms with van der Waals surface area (Å²) in [5.74, 6) is 3.31. The standard InChI is InChI=1S/C12H21N/c1-2-4-10-8-13-7-6-11(9-13)12(10)5-3-1/h10-12H,1-9H2. The van der Waals surface area contributed by atoms with E-state index in [1.165, 1.54) is 51.7 Å². The summed E-state index contributed by atoms with van der Waals surface area (Å²) in [5, 5.41) is 0. The van der Waals surface area contributed by atoms with Crippen LogP contribution >= 0.6 is 0 Å². The first-order chi connectivity index (χ1) is 6.43. The maximum absolute atomic E-state index is 2.72. The van der Waals surface area contributed by atoms with Gasteiger partial charge in [0.05, 0.1) is 0 Å². The highest BCUT2D eigenvalue weighted by molar-refractivity contribution is 4.92. The summed E-state index contributed by atoms with van der Waals surface area (Å²) in [6.45, 7) is 4.31. The van der Waals surface area contributed by atoms with E-state index in [2.05, 4.69) is 4.90 Å². The molecule has 2 aliphatic heterocycles. The maximum Gasteiger partial charge on any atom is 0.00130 e. The minimum atomic E-state index is 1.09. The van der Waals surface area contributed by atoms with Gasteiger partial charge in [0.1, 0.15) is 0 Å². The fourth-order valence-corrected chi connectivity index (χ4v) is 3.97. The Labute approximate surface area is 81.5 Å². The molecule has 3 fully saturated rings. The van der Waals surface area contributed by atoms with Gasteiger partial charge in [-0.25, -0.2) is 0 Å². The second-order valence-electron chi connectivity index (χ2n) is 5.37. The van der Waals surface area contributed by atoms with Crippen LogP contribution in [0.2, 0.25) is 0 Å².